The molecule has 0 amide bonds. The van der Waals surface area contributed by atoms with Crippen LogP contribution in [0.15, 0.2) is 48.6 Å². The third kappa shape index (κ3) is 8.98. The van der Waals surface area contributed by atoms with Gasteiger partial charge >= 0.3 is 29.8 Å². The van der Waals surface area contributed by atoms with Gasteiger partial charge in [0.1, 0.15) is 12.2 Å². The molecule has 44 heavy (non-hydrogen) atoms. The van der Waals surface area contributed by atoms with E-state index in [1.165, 1.54) is 0 Å². The zero-order valence-corrected chi connectivity index (χ0v) is 25.3. The first-order valence-electron chi connectivity index (χ1n) is 15.2. The SMILES string of the molecule is CC(C)(C)OC(=O)C1CC2C=CC1C2.O=C(O)C1CC2C=CC1C2.O=C(OCCO)C1OC2C=CC1C2.O=C1C=CC(=O)O1. The molecule has 7 rings (SSSR count). The largest absolute Gasteiger partial charge is 0.481 e. The van der Waals surface area contributed by atoms with Gasteiger partial charge in [-0.1, -0.05) is 36.5 Å². The number of allylic oxidation sites excluding steroid dienone is 4. The van der Waals surface area contributed by atoms with Gasteiger partial charge in [0.15, 0.2) is 6.10 Å². The van der Waals surface area contributed by atoms with Gasteiger partial charge in [0, 0.05) is 18.1 Å². The van der Waals surface area contributed by atoms with Crippen LogP contribution in [0.5, 0.6) is 0 Å². The highest BCUT2D eigenvalue weighted by atomic mass is 16.6. The van der Waals surface area contributed by atoms with Crippen molar-refractivity contribution in [3.8, 4) is 0 Å². The summed E-state index contributed by atoms with van der Waals surface area (Å²) in [7, 11) is 0. The Labute approximate surface area is 256 Å². The average Bonchev–Trinajstić information content (AvgIpc) is 3.82. The lowest BCUT2D eigenvalue weighted by atomic mass is 9.93. The minimum absolute atomic E-state index is 0.00523. The van der Waals surface area contributed by atoms with E-state index in [1.54, 1.807) is 0 Å². The van der Waals surface area contributed by atoms with Gasteiger partial charge in [-0.3, -0.25) is 9.59 Å². The summed E-state index contributed by atoms with van der Waals surface area (Å²) in [6, 6.07) is 0. The lowest BCUT2D eigenvalue weighted by Crippen LogP contribution is -2.30. The van der Waals surface area contributed by atoms with Crippen molar-refractivity contribution in [3.05, 3.63) is 48.6 Å². The second-order valence-electron chi connectivity index (χ2n) is 13.0. The molecule has 9 atom stereocenters. The number of rotatable bonds is 5. The lowest BCUT2D eigenvalue weighted by Gasteiger charge is -2.24. The van der Waals surface area contributed by atoms with Crippen LogP contribution in [0.2, 0.25) is 0 Å². The molecule has 1 saturated heterocycles. The van der Waals surface area contributed by atoms with E-state index in [9.17, 15) is 24.0 Å². The van der Waals surface area contributed by atoms with Crippen molar-refractivity contribution in [2.45, 2.75) is 70.7 Å². The maximum absolute atomic E-state index is 11.8. The Kier molecular flexibility index (Phi) is 11.0. The van der Waals surface area contributed by atoms with Crippen LogP contribution in [0.3, 0.4) is 0 Å². The van der Waals surface area contributed by atoms with Crippen molar-refractivity contribution in [3.63, 3.8) is 0 Å². The zero-order chi connectivity index (χ0) is 32.0. The predicted molar refractivity (Wildman–Crippen MR) is 155 cm³/mol. The minimum Gasteiger partial charge on any atom is -0.481 e. The fraction of sp³-hybridized carbons (Fsp3) is 0.606. The predicted octanol–water partition coefficient (Wildman–Crippen LogP) is 3.31. The molecule has 11 heteroatoms. The first-order valence-corrected chi connectivity index (χ1v) is 15.2. The number of hydrogen-bond donors (Lipinski definition) is 2. The fourth-order valence-electron chi connectivity index (χ4n) is 6.56. The number of carbonyl (C=O) groups is 5. The first kappa shape index (κ1) is 33.3. The molecule has 0 aromatic rings. The van der Waals surface area contributed by atoms with Gasteiger partial charge in [-0.05, 0) is 76.5 Å². The van der Waals surface area contributed by atoms with Crippen LogP contribution in [0.4, 0.5) is 0 Å². The maximum atomic E-state index is 11.8. The quantitative estimate of drug-likeness (QED) is 0.202. The molecule has 2 saturated carbocycles. The van der Waals surface area contributed by atoms with E-state index < -0.39 is 24.0 Å². The van der Waals surface area contributed by atoms with E-state index in [0.29, 0.717) is 23.7 Å². The monoisotopic (exact) mass is 614 g/mol. The van der Waals surface area contributed by atoms with Crippen molar-refractivity contribution in [1.29, 1.82) is 0 Å². The molecule has 5 aliphatic carbocycles. The molecule has 6 bridgehead atoms. The van der Waals surface area contributed by atoms with E-state index in [2.05, 4.69) is 29.0 Å². The molecule has 3 fully saturated rings. The number of aliphatic hydroxyl groups excluding tert-OH is 1. The number of carboxylic acids is 1. The molecule has 11 nitrogen and oxygen atoms in total. The number of hydrogen-bond acceptors (Lipinski definition) is 10. The summed E-state index contributed by atoms with van der Waals surface area (Å²) in [5.74, 6) is 0.114. The standard InChI is InChI=1S/C12H18O2.C9H12O4.C8H10O2.C4H2O3/c1-12(2,3)14-11(13)10-7-8-4-5-9(10)6-8;10-3-4-12-9(11)8-6-1-2-7(5-6)13-8;9-8(10)7-4-5-1-2-6(7)3-5;5-3-1-2-4(6)7-3/h4-5,8-10H,6-7H2,1-3H3;1-2,6-8,10H,3-5H2;1-2,5-7H,3-4H2,(H,9,10);1-2H. The van der Waals surface area contributed by atoms with Gasteiger partial charge in [-0.2, -0.15) is 0 Å². The Hall–Kier alpha value is -3.57. The van der Waals surface area contributed by atoms with Gasteiger partial charge < -0.3 is 29.2 Å². The lowest BCUT2D eigenvalue weighted by molar-refractivity contribution is -0.161. The second kappa shape index (κ2) is 14.5. The van der Waals surface area contributed by atoms with Crippen molar-refractivity contribution < 1.29 is 53.1 Å². The molecule has 2 heterocycles. The van der Waals surface area contributed by atoms with E-state index >= 15 is 0 Å². The number of esters is 4. The smallest absolute Gasteiger partial charge is 0.338 e. The van der Waals surface area contributed by atoms with Gasteiger partial charge in [-0.15, -0.1) is 0 Å². The number of aliphatic hydroxyl groups is 1. The van der Waals surface area contributed by atoms with Gasteiger partial charge in [0.05, 0.1) is 24.5 Å². The Morgan fingerprint density at radius 2 is 1.36 bits per heavy atom. The van der Waals surface area contributed by atoms with E-state index in [-0.39, 0.29) is 54.6 Å². The van der Waals surface area contributed by atoms with Crippen molar-refractivity contribution in [2.24, 2.45) is 41.4 Å². The van der Waals surface area contributed by atoms with Crippen LogP contribution in [0.25, 0.3) is 0 Å². The van der Waals surface area contributed by atoms with Crippen molar-refractivity contribution >= 4 is 29.8 Å². The number of carbonyl (C=O) groups excluding carboxylic acids is 4. The molecule has 2 N–H and O–H groups in total. The number of aliphatic carboxylic acids is 1. The van der Waals surface area contributed by atoms with Crippen LogP contribution >= 0.6 is 0 Å². The van der Waals surface area contributed by atoms with Crippen molar-refractivity contribution in [2.75, 3.05) is 13.2 Å². The third-order valence-corrected chi connectivity index (χ3v) is 8.50. The minimum atomic E-state index is -0.614. The summed E-state index contributed by atoms with van der Waals surface area (Å²) < 4.78 is 19.5. The first-order chi connectivity index (χ1) is 20.8. The Balaban J connectivity index is 0.000000138. The Morgan fingerprint density at radius 3 is 1.70 bits per heavy atom. The average molecular weight is 615 g/mol. The fourth-order valence-corrected chi connectivity index (χ4v) is 6.56. The van der Waals surface area contributed by atoms with Crippen molar-refractivity contribution in [1.82, 2.24) is 0 Å². The van der Waals surface area contributed by atoms with Gasteiger partial charge in [0.25, 0.3) is 0 Å². The number of carboxylic acid groups (broad SMARTS) is 1. The molecule has 0 radical (unpaired) electrons. The molecule has 7 aliphatic rings. The molecular weight excluding hydrogens is 572 g/mol. The number of fused-ring (bicyclic) bond motifs is 6. The zero-order valence-electron chi connectivity index (χ0n) is 25.3. The summed E-state index contributed by atoms with van der Waals surface area (Å²) >= 11 is 0. The summed E-state index contributed by atoms with van der Waals surface area (Å²) in [5.41, 5.74) is -0.345. The maximum Gasteiger partial charge on any atom is 0.338 e. The molecule has 2 aliphatic heterocycles. The van der Waals surface area contributed by atoms with Crippen LogP contribution < -0.4 is 0 Å². The van der Waals surface area contributed by atoms with Crippen LogP contribution in [-0.4, -0.2) is 71.1 Å². The molecule has 240 valence electrons. The van der Waals surface area contributed by atoms with Crippen LogP contribution in [0.1, 0.15) is 52.9 Å². The molecule has 0 spiro atoms. The molecule has 9 unspecified atom stereocenters. The highest BCUT2D eigenvalue weighted by Crippen LogP contribution is 2.44. The van der Waals surface area contributed by atoms with Crippen LogP contribution in [0, 0.1) is 41.4 Å². The van der Waals surface area contributed by atoms with Crippen LogP contribution in [-0.2, 0) is 42.9 Å². The highest BCUT2D eigenvalue weighted by Gasteiger charge is 2.43. The Morgan fingerprint density at radius 1 is 0.795 bits per heavy atom. The number of cyclic esters (lactones) is 2. The number of ether oxygens (including phenoxy) is 4. The topological polar surface area (TPSA) is 163 Å². The summed E-state index contributed by atoms with van der Waals surface area (Å²) in [5, 5.41) is 17.2. The third-order valence-electron chi connectivity index (χ3n) is 8.50. The molecular formula is C33H42O11. The Bertz CT molecular complexity index is 1210. The normalized spacial score (nSPS) is 34.0. The molecule has 0 aromatic heterocycles. The van der Waals surface area contributed by atoms with E-state index in [1.807, 2.05) is 32.9 Å². The van der Waals surface area contributed by atoms with E-state index in [0.717, 1.165) is 44.3 Å². The summed E-state index contributed by atoms with van der Waals surface area (Å²) in [6.07, 6.45) is 19.4. The highest BCUT2D eigenvalue weighted by molar-refractivity contribution is 6.04. The van der Waals surface area contributed by atoms with Gasteiger partial charge in [-0.25, -0.2) is 14.4 Å². The molecule has 0 aromatic carbocycles. The summed E-state index contributed by atoms with van der Waals surface area (Å²) in [4.78, 5) is 53.5. The van der Waals surface area contributed by atoms with E-state index in [4.69, 9.17) is 24.4 Å². The summed E-state index contributed by atoms with van der Waals surface area (Å²) in [6.45, 7) is 5.69. The second-order valence-corrected chi connectivity index (χ2v) is 13.0. The van der Waals surface area contributed by atoms with Gasteiger partial charge in [0.2, 0.25) is 0 Å².